The Bertz CT molecular complexity index is 1060. The number of hydrogen-bond acceptors (Lipinski definition) is 3. The minimum Gasteiger partial charge on any atom is -0.496 e. The highest BCUT2D eigenvalue weighted by molar-refractivity contribution is 6.04. The normalized spacial score (nSPS) is 12.7. The zero-order chi connectivity index (χ0) is 21.6. The fourth-order valence-electron chi connectivity index (χ4n) is 3.30. The first-order valence-electron chi connectivity index (χ1n) is 10.3. The maximum Gasteiger partial charge on any atom is 0.319 e. The molecule has 0 saturated heterocycles. The van der Waals surface area contributed by atoms with Crippen molar-refractivity contribution in [3.63, 3.8) is 0 Å². The van der Waals surface area contributed by atoms with Crippen molar-refractivity contribution in [2.45, 2.75) is 25.3 Å². The highest BCUT2D eigenvalue weighted by Gasteiger charge is 2.23. The van der Waals surface area contributed by atoms with Crippen molar-refractivity contribution in [1.29, 1.82) is 0 Å². The summed E-state index contributed by atoms with van der Waals surface area (Å²) < 4.78 is 5.48. The van der Waals surface area contributed by atoms with Gasteiger partial charge in [0.25, 0.3) is 5.91 Å². The molecule has 0 unspecified atom stereocenters. The topological polar surface area (TPSA) is 79.5 Å². The number of benzene rings is 3. The van der Waals surface area contributed by atoms with Gasteiger partial charge in [0.15, 0.2) is 0 Å². The van der Waals surface area contributed by atoms with Gasteiger partial charge >= 0.3 is 6.03 Å². The number of nitrogens with one attached hydrogen (secondary N) is 3. The van der Waals surface area contributed by atoms with Crippen LogP contribution in [0.15, 0.2) is 72.8 Å². The molecule has 1 aliphatic rings. The van der Waals surface area contributed by atoms with Crippen LogP contribution in [0.4, 0.5) is 16.2 Å². The second kappa shape index (κ2) is 9.34. The Morgan fingerprint density at radius 2 is 1.61 bits per heavy atom. The number of carbonyl (C=O) groups excluding carboxylic acids is 2. The lowest BCUT2D eigenvalue weighted by Gasteiger charge is -2.12. The molecule has 0 aliphatic heterocycles. The third-order valence-electron chi connectivity index (χ3n) is 5.09. The van der Waals surface area contributed by atoms with Gasteiger partial charge in [-0.3, -0.25) is 4.79 Å². The molecule has 6 heteroatoms. The third kappa shape index (κ3) is 5.63. The van der Waals surface area contributed by atoms with E-state index in [1.807, 2.05) is 36.4 Å². The fourth-order valence-corrected chi connectivity index (χ4v) is 3.30. The van der Waals surface area contributed by atoms with Crippen molar-refractivity contribution >= 4 is 23.3 Å². The van der Waals surface area contributed by atoms with Gasteiger partial charge in [-0.15, -0.1) is 0 Å². The molecule has 0 spiro atoms. The van der Waals surface area contributed by atoms with Gasteiger partial charge < -0.3 is 20.7 Å². The molecule has 31 heavy (non-hydrogen) atoms. The molecule has 3 aromatic carbocycles. The van der Waals surface area contributed by atoms with E-state index in [0.717, 1.165) is 29.7 Å². The molecule has 158 valence electrons. The van der Waals surface area contributed by atoms with Gasteiger partial charge in [-0.1, -0.05) is 30.3 Å². The molecular formula is C25H25N3O3. The van der Waals surface area contributed by atoms with E-state index in [-0.39, 0.29) is 11.9 Å². The molecule has 1 fully saturated rings. The molecule has 0 heterocycles. The lowest BCUT2D eigenvalue weighted by molar-refractivity contribution is 0.102. The smallest absolute Gasteiger partial charge is 0.319 e. The standard InChI is InChI=1S/C25H25N3O3/c1-31-23-14-13-22(16-19(23)15-17-5-3-2-4-6-17)26-24(29)18-7-9-20(10-8-18)27-25(30)28-21-11-12-21/h2-10,13-14,16,21H,11-12,15H2,1H3,(H,26,29)(H2,27,28,30). The van der Waals surface area contributed by atoms with Crippen LogP contribution in [0.1, 0.15) is 34.3 Å². The maximum absolute atomic E-state index is 12.7. The van der Waals surface area contributed by atoms with E-state index >= 15 is 0 Å². The summed E-state index contributed by atoms with van der Waals surface area (Å²) >= 11 is 0. The van der Waals surface area contributed by atoms with Crippen LogP contribution < -0.4 is 20.7 Å². The van der Waals surface area contributed by atoms with Crippen LogP contribution in [0.25, 0.3) is 0 Å². The zero-order valence-corrected chi connectivity index (χ0v) is 17.4. The van der Waals surface area contributed by atoms with E-state index in [1.54, 1.807) is 31.4 Å². The lowest BCUT2D eigenvalue weighted by atomic mass is 10.0. The Kier molecular flexibility index (Phi) is 6.17. The van der Waals surface area contributed by atoms with Crippen LogP contribution in [0.2, 0.25) is 0 Å². The molecule has 0 atom stereocenters. The van der Waals surface area contributed by atoms with Gasteiger partial charge in [-0.05, 0) is 60.9 Å². The Balaban J connectivity index is 1.41. The first-order valence-corrected chi connectivity index (χ1v) is 10.3. The molecular weight excluding hydrogens is 390 g/mol. The van der Waals surface area contributed by atoms with Crippen LogP contribution in [0.5, 0.6) is 5.75 Å². The van der Waals surface area contributed by atoms with Crippen molar-refractivity contribution in [3.05, 3.63) is 89.5 Å². The van der Waals surface area contributed by atoms with E-state index in [9.17, 15) is 9.59 Å². The number of carbonyl (C=O) groups is 2. The van der Waals surface area contributed by atoms with E-state index in [0.29, 0.717) is 29.4 Å². The summed E-state index contributed by atoms with van der Waals surface area (Å²) in [5, 5.41) is 8.58. The van der Waals surface area contributed by atoms with Gasteiger partial charge in [0.2, 0.25) is 0 Å². The fraction of sp³-hybridized carbons (Fsp3) is 0.200. The summed E-state index contributed by atoms with van der Waals surface area (Å²) in [4.78, 5) is 24.5. The molecule has 6 nitrogen and oxygen atoms in total. The molecule has 3 N–H and O–H groups in total. The molecule has 0 radical (unpaired) electrons. The van der Waals surface area contributed by atoms with Crippen LogP contribution in [0, 0.1) is 0 Å². The number of hydrogen-bond donors (Lipinski definition) is 3. The van der Waals surface area contributed by atoms with Gasteiger partial charge in [0.05, 0.1) is 7.11 Å². The van der Waals surface area contributed by atoms with Crippen LogP contribution in [-0.4, -0.2) is 25.1 Å². The summed E-state index contributed by atoms with van der Waals surface area (Å²) in [6.07, 6.45) is 2.77. The first-order chi connectivity index (χ1) is 15.1. The minimum atomic E-state index is -0.219. The molecule has 1 aliphatic carbocycles. The molecule has 0 aromatic heterocycles. The SMILES string of the molecule is COc1ccc(NC(=O)c2ccc(NC(=O)NC3CC3)cc2)cc1Cc1ccccc1. The largest absolute Gasteiger partial charge is 0.496 e. The molecule has 3 amide bonds. The van der Waals surface area contributed by atoms with Gasteiger partial charge in [-0.25, -0.2) is 4.79 Å². The second-order valence-corrected chi connectivity index (χ2v) is 7.59. The van der Waals surface area contributed by atoms with E-state index < -0.39 is 0 Å². The number of amides is 3. The lowest BCUT2D eigenvalue weighted by Crippen LogP contribution is -2.30. The highest BCUT2D eigenvalue weighted by Crippen LogP contribution is 2.26. The van der Waals surface area contributed by atoms with Crippen molar-refractivity contribution in [2.24, 2.45) is 0 Å². The monoisotopic (exact) mass is 415 g/mol. The Morgan fingerprint density at radius 3 is 2.29 bits per heavy atom. The van der Waals surface area contributed by atoms with Crippen molar-refractivity contribution in [2.75, 3.05) is 17.7 Å². The van der Waals surface area contributed by atoms with Crippen molar-refractivity contribution < 1.29 is 14.3 Å². The number of ether oxygens (including phenoxy) is 1. The Morgan fingerprint density at radius 1 is 0.903 bits per heavy atom. The predicted octanol–water partition coefficient (Wildman–Crippen LogP) is 4.82. The summed E-state index contributed by atoms with van der Waals surface area (Å²) in [6.45, 7) is 0. The average molecular weight is 415 g/mol. The van der Waals surface area contributed by atoms with Crippen LogP contribution >= 0.6 is 0 Å². The Hall–Kier alpha value is -3.80. The molecule has 1 saturated carbocycles. The molecule has 3 aromatic rings. The number of rotatable bonds is 7. The predicted molar refractivity (Wildman–Crippen MR) is 122 cm³/mol. The summed E-state index contributed by atoms with van der Waals surface area (Å²) in [6, 6.07) is 22.6. The number of anilines is 2. The van der Waals surface area contributed by atoms with Gasteiger partial charge in [-0.2, -0.15) is 0 Å². The average Bonchev–Trinajstić information content (AvgIpc) is 3.59. The van der Waals surface area contributed by atoms with E-state index in [1.165, 1.54) is 0 Å². The van der Waals surface area contributed by atoms with Gasteiger partial charge in [0.1, 0.15) is 5.75 Å². The second-order valence-electron chi connectivity index (χ2n) is 7.59. The minimum absolute atomic E-state index is 0.218. The van der Waals surface area contributed by atoms with E-state index in [4.69, 9.17) is 4.74 Å². The Labute approximate surface area is 181 Å². The summed E-state index contributed by atoms with van der Waals surface area (Å²) in [5.41, 5.74) is 4.01. The van der Waals surface area contributed by atoms with Crippen LogP contribution in [0.3, 0.4) is 0 Å². The summed E-state index contributed by atoms with van der Waals surface area (Å²) in [5.74, 6) is 0.562. The first kappa shape index (κ1) is 20.5. The number of methoxy groups -OCH3 is 1. The molecule has 4 rings (SSSR count). The van der Waals surface area contributed by atoms with Gasteiger partial charge in [0, 0.05) is 35.0 Å². The molecule has 0 bridgehead atoms. The third-order valence-corrected chi connectivity index (χ3v) is 5.09. The zero-order valence-electron chi connectivity index (χ0n) is 17.4. The van der Waals surface area contributed by atoms with Crippen molar-refractivity contribution in [3.8, 4) is 5.75 Å². The number of urea groups is 1. The van der Waals surface area contributed by atoms with E-state index in [2.05, 4.69) is 28.1 Å². The highest BCUT2D eigenvalue weighted by atomic mass is 16.5. The quantitative estimate of drug-likeness (QED) is 0.517. The summed E-state index contributed by atoms with van der Waals surface area (Å²) in [7, 11) is 1.64. The van der Waals surface area contributed by atoms with Crippen molar-refractivity contribution in [1.82, 2.24) is 5.32 Å². The van der Waals surface area contributed by atoms with Crippen LogP contribution in [-0.2, 0) is 6.42 Å². The maximum atomic E-state index is 12.7.